The van der Waals surface area contributed by atoms with Crippen LogP contribution >= 0.6 is 0 Å². The molecular formula is C23H33N7O2. The molecule has 2 amide bonds. The van der Waals surface area contributed by atoms with Gasteiger partial charge in [0.2, 0.25) is 0 Å². The van der Waals surface area contributed by atoms with Crippen LogP contribution in [0.15, 0.2) is 24.3 Å². The highest BCUT2D eigenvalue weighted by Crippen LogP contribution is 2.21. The molecule has 1 aliphatic heterocycles. The van der Waals surface area contributed by atoms with Gasteiger partial charge < -0.3 is 15.5 Å². The normalized spacial score (nSPS) is 17.3. The van der Waals surface area contributed by atoms with Crippen molar-refractivity contribution in [2.75, 3.05) is 46.3 Å². The molecule has 2 aliphatic rings. The Hall–Kier alpha value is -2.78. The van der Waals surface area contributed by atoms with Crippen molar-refractivity contribution in [1.82, 2.24) is 35.4 Å². The van der Waals surface area contributed by atoms with Gasteiger partial charge in [-0.15, -0.1) is 5.10 Å². The van der Waals surface area contributed by atoms with Gasteiger partial charge in [0.15, 0.2) is 5.69 Å². The average Bonchev–Trinajstić information content (AvgIpc) is 3.52. The van der Waals surface area contributed by atoms with Gasteiger partial charge in [0.05, 0.1) is 11.4 Å². The highest BCUT2D eigenvalue weighted by molar-refractivity contribution is 5.94. The molecule has 32 heavy (non-hydrogen) atoms. The molecule has 0 radical (unpaired) electrons. The minimum absolute atomic E-state index is 0.0810. The highest BCUT2D eigenvalue weighted by Gasteiger charge is 2.27. The third kappa shape index (κ3) is 5.52. The van der Waals surface area contributed by atoms with E-state index >= 15 is 0 Å². The second kappa shape index (κ2) is 10.2. The number of piperazine rings is 1. The van der Waals surface area contributed by atoms with Crippen LogP contribution in [-0.2, 0) is 6.42 Å². The molecule has 0 atom stereocenters. The van der Waals surface area contributed by atoms with Crippen LogP contribution in [0.25, 0.3) is 5.69 Å². The first-order valence-corrected chi connectivity index (χ1v) is 11.6. The van der Waals surface area contributed by atoms with E-state index in [0.29, 0.717) is 24.2 Å². The first kappa shape index (κ1) is 22.4. The van der Waals surface area contributed by atoms with Gasteiger partial charge in [-0.25, -0.2) is 4.68 Å². The molecule has 0 bridgehead atoms. The SMILES string of the molecule is CCCc1c(C(=O)NC2CC2)nnn1-c1ccc(C(=O)NCCN2CCN(C)CC2)cc1. The monoisotopic (exact) mass is 439 g/mol. The predicted molar refractivity (Wildman–Crippen MR) is 122 cm³/mol. The Labute approximate surface area is 189 Å². The van der Waals surface area contributed by atoms with Crippen molar-refractivity contribution in [3.63, 3.8) is 0 Å². The van der Waals surface area contributed by atoms with Gasteiger partial charge in [-0.2, -0.15) is 0 Å². The minimum Gasteiger partial charge on any atom is -0.351 e. The van der Waals surface area contributed by atoms with Crippen molar-refractivity contribution in [1.29, 1.82) is 0 Å². The van der Waals surface area contributed by atoms with E-state index in [1.54, 1.807) is 16.8 Å². The van der Waals surface area contributed by atoms with Gasteiger partial charge in [-0.1, -0.05) is 18.6 Å². The number of nitrogens with zero attached hydrogens (tertiary/aromatic N) is 5. The summed E-state index contributed by atoms with van der Waals surface area (Å²) in [6.45, 7) is 7.79. The highest BCUT2D eigenvalue weighted by atomic mass is 16.2. The van der Waals surface area contributed by atoms with Crippen LogP contribution < -0.4 is 10.6 Å². The molecule has 2 heterocycles. The molecule has 9 nitrogen and oxygen atoms in total. The number of likely N-dealkylation sites (N-methyl/N-ethyl adjacent to an activating group) is 1. The summed E-state index contributed by atoms with van der Waals surface area (Å²) in [5.41, 5.74) is 2.59. The number of aromatic nitrogens is 3. The molecule has 2 aromatic rings. The fourth-order valence-corrected chi connectivity index (χ4v) is 3.88. The number of nitrogens with one attached hydrogen (secondary N) is 2. The molecule has 172 valence electrons. The lowest BCUT2D eigenvalue weighted by atomic mass is 10.1. The van der Waals surface area contributed by atoms with Gasteiger partial charge in [0.25, 0.3) is 11.8 Å². The van der Waals surface area contributed by atoms with E-state index in [1.165, 1.54) is 0 Å². The summed E-state index contributed by atoms with van der Waals surface area (Å²) in [7, 11) is 2.14. The summed E-state index contributed by atoms with van der Waals surface area (Å²) in [6.07, 6.45) is 3.64. The molecule has 4 rings (SSSR count). The van der Waals surface area contributed by atoms with Crippen molar-refractivity contribution in [3.05, 3.63) is 41.2 Å². The number of carbonyl (C=O) groups is 2. The second-order valence-electron chi connectivity index (χ2n) is 8.74. The van der Waals surface area contributed by atoms with Crippen molar-refractivity contribution < 1.29 is 9.59 Å². The predicted octanol–water partition coefficient (Wildman–Crippen LogP) is 1.09. The molecule has 0 spiro atoms. The van der Waals surface area contributed by atoms with E-state index in [4.69, 9.17) is 0 Å². The Kier molecular flexibility index (Phi) is 7.16. The summed E-state index contributed by atoms with van der Waals surface area (Å²) < 4.78 is 1.71. The maximum Gasteiger partial charge on any atom is 0.273 e. The summed E-state index contributed by atoms with van der Waals surface area (Å²) in [5, 5.41) is 14.4. The fourth-order valence-electron chi connectivity index (χ4n) is 3.88. The molecule has 1 saturated heterocycles. The summed E-state index contributed by atoms with van der Waals surface area (Å²) >= 11 is 0. The summed E-state index contributed by atoms with van der Waals surface area (Å²) in [6, 6.07) is 7.57. The first-order valence-electron chi connectivity index (χ1n) is 11.6. The molecule has 0 unspecified atom stereocenters. The lowest BCUT2D eigenvalue weighted by Gasteiger charge is -2.32. The lowest BCUT2D eigenvalue weighted by Crippen LogP contribution is -2.46. The van der Waals surface area contributed by atoms with Gasteiger partial charge in [0.1, 0.15) is 0 Å². The summed E-state index contributed by atoms with van der Waals surface area (Å²) in [4.78, 5) is 29.8. The zero-order valence-corrected chi connectivity index (χ0v) is 19.0. The number of hydrogen-bond acceptors (Lipinski definition) is 6. The van der Waals surface area contributed by atoms with Crippen molar-refractivity contribution >= 4 is 11.8 Å². The van der Waals surface area contributed by atoms with E-state index in [9.17, 15) is 9.59 Å². The van der Waals surface area contributed by atoms with Crippen molar-refractivity contribution in [2.45, 2.75) is 38.6 Å². The Bertz CT molecular complexity index is 928. The summed E-state index contributed by atoms with van der Waals surface area (Å²) in [5.74, 6) is -0.235. The van der Waals surface area contributed by atoms with E-state index < -0.39 is 0 Å². The van der Waals surface area contributed by atoms with Crippen molar-refractivity contribution in [3.8, 4) is 5.69 Å². The number of benzene rings is 1. The number of carbonyl (C=O) groups excluding carboxylic acids is 2. The van der Waals surface area contributed by atoms with Crippen LogP contribution in [0.2, 0.25) is 0 Å². The van der Waals surface area contributed by atoms with Crippen LogP contribution in [-0.4, -0.2) is 89.0 Å². The Morgan fingerprint density at radius 1 is 1.06 bits per heavy atom. The zero-order valence-electron chi connectivity index (χ0n) is 19.0. The first-order chi connectivity index (χ1) is 15.5. The average molecular weight is 440 g/mol. The molecule has 1 aliphatic carbocycles. The van der Waals surface area contributed by atoms with E-state index in [-0.39, 0.29) is 17.9 Å². The van der Waals surface area contributed by atoms with Crippen molar-refractivity contribution in [2.24, 2.45) is 0 Å². The molecule has 1 saturated carbocycles. The third-order valence-corrected chi connectivity index (χ3v) is 6.06. The largest absolute Gasteiger partial charge is 0.351 e. The number of amides is 2. The van der Waals surface area contributed by atoms with Gasteiger partial charge in [-0.3, -0.25) is 14.5 Å². The van der Waals surface area contributed by atoms with E-state index in [0.717, 1.165) is 63.4 Å². The Morgan fingerprint density at radius 3 is 2.44 bits per heavy atom. The topological polar surface area (TPSA) is 95.4 Å². The van der Waals surface area contributed by atoms with Gasteiger partial charge in [-0.05, 0) is 50.6 Å². The Morgan fingerprint density at radius 2 is 1.78 bits per heavy atom. The fraction of sp³-hybridized carbons (Fsp3) is 0.565. The maximum atomic E-state index is 12.5. The molecule has 1 aromatic carbocycles. The minimum atomic E-state index is -0.154. The van der Waals surface area contributed by atoms with Crippen LogP contribution in [0.4, 0.5) is 0 Å². The standard InChI is InChI=1S/C23H33N7O2/c1-3-4-20-21(23(32)25-18-7-8-18)26-27-30(20)19-9-5-17(6-10-19)22(31)24-11-12-29-15-13-28(2)14-16-29/h5-6,9-10,18H,3-4,7-8,11-16H2,1-2H3,(H,24,31)(H,25,32). The number of rotatable bonds is 9. The third-order valence-electron chi connectivity index (χ3n) is 6.06. The molecule has 9 heteroatoms. The zero-order chi connectivity index (χ0) is 22.5. The Balaban J connectivity index is 1.37. The van der Waals surface area contributed by atoms with Crippen LogP contribution in [0.5, 0.6) is 0 Å². The second-order valence-corrected chi connectivity index (χ2v) is 8.74. The van der Waals surface area contributed by atoms with E-state index in [1.807, 2.05) is 12.1 Å². The molecule has 2 N–H and O–H groups in total. The molecular weight excluding hydrogens is 406 g/mol. The number of hydrogen-bond donors (Lipinski definition) is 2. The smallest absolute Gasteiger partial charge is 0.273 e. The van der Waals surface area contributed by atoms with Crippen LogP contribution in [0.3, 0.4) is 0 Å². The van der Waals surface area contributed by atoms with Crippen LogP contribution in [0.1, 0.15) is 52.7 Å². The molecule has 2 fully saturated rings. The molecule has 1 aromatic heterocycles. The lowest BCUT2D eigenvalue weighted by molar-refractivity contribution is 0.0934. The maximum absolute atomic E-state index is 12.5. The van der Waals surface area contributed by atoms with Gasteiger partial charge in [0, 0.05) is 50.9 Å². The van der Waals surface area contributed by atoms with E-state index in [2.05, 4.69) is 44.7 Å². The quantitative estimate of drug-likeness (QED) is 0.607. The van der Waals surface area contributed by atoms with Gasteiger partial charge >= 0.3 is 0 Å². The van der Waals surface area contributed by atoms with Crippen LogP contribution in [0, 0.1) is 0 Å².